The van der Waals surface area contributed by atoms with Gasteiger partial charge >= 0.3 is 6.18 Å². The Bertz CT molecular complexity index is 1190. The Morgan fingerprint density at radius 3 is 1.94 bits per heavy atom. The zero-order valence-corrected chi connectivity index (χ0v) is 17.4. The van der Waals surface area contributed by atoms with Gasteiger partial charge in [-0.05, 0) is 41.0 Å². The van der Waals surface area contributed by atoms with Crippen molar-refractivity contribution in [2.24, 2.45) is 0 Å². The fourth-order valence-corrected chi connectivity index (χ4v) is 3.50. The molecule has 0 aliphatic rings. The van der Waals surface area contributed by atoms with Crippen LogP contribution >= 0.6 is 0 Å². The second-order valence-electron chi connectivity index (χ2n) is 7.36. The van der Waals surface area contributed by atoms with E-state index in [1.54, 1.807) is 60.7 Å². The lowest BCUT2D eigenvalue weighted by molar-refractivity contribution is -0.140. The quantitative estimate of drug-likeness (QED) is 0.269. The van der Waals surface area contributed by atoms with Crippen LogP contribution in [0.4, 0.5) is 17.6 Å². The van der Waals surface area contributed by atoms with Gasteiger partial charge in [-0.25, -0.2) is 4.39 Å². The van der Waals surface area contributed by atoms with Gasteiger partial charge in [0.05, 0.1) is 0 Å². The molecule has 0 aliphatic carbocycles. The predicted octanol–water partition coefficient (Wildman–Crippen LogP) is 7.59. The second-order valence-corrected chi connectivity index (χ2v) is 7.36. The highest BCUT2D eigenvalue weighted by atomic mass is 19.4. The summed E-state index contributed by atoms with van der Waals surface area (Å²) in [4.78, 5) is 0. The molecule has 0 spiro atoms. The van der Waals surface area contributed by atoms with Crippen LogP contribution in [0.25, 0.3) is 0 Å². The summed E-state index contributed by atoms with van der Waals surface area (Å²) in [5.74, 6) is -1.24. The minimum absolute atomic E-state index is 0.0284. The largest absolute Gasteiger partial charge is 0.488 e. The van der Waals surface area contributed by atoms with E-state index in [0.717, 1.165) is 5.56 Å². The highest BCUT2D eigenvalue weighted by Gasteiger charge is 2.39. The van der Waals surface area contributed by atoms with Gasteiger partial charge in [0.2, 0.25) is 0 Å². The smallest absolute Gasteiger partial charge is 0.423 e. The van der Waals surface area contributed by atoms with Crippen LogP contribution in [0.3, 0.4) is 0 Å². The summed E-state index contributed by atoms with van der Waals surface area (Å²) in [5, 5.41) is 0. The van der Waals surface area contributed by atoms with Crippen LogP contribution in [0.5, 0.6) is 11.5 Å². The van der Waals surface area contributed by atoms with Crippen molar-refractivity contribution in [3.63, 3.8) is 0 Å². The Morgan fingerprint density at radius 1 is 0.667 bits per heavy atom. The van der Waals surface area contributed by atoms with Gasteiger partial charge in [0.1, 0.15) is 35.6 Å². The Balaban J connectivity index is 1.73. The van der Waals surface area contributed by atoms with Gasteiger partial charge in [-0.1, -0.05) is 78.9 Å². The summed E-state index contributed by atoms with van der Waals surface area (Å²) in [6.07, 6.45) is -5.68. The number of alkyl halides is 3. The minimum Gasteiger partial charge on any atom is -0.488 e. The Morgan fingerprint density at radius 2 is 1.27 bits per heavy atom. The maximum atomic E-state index is 14.1. The number of hydrogen-bond acceptors (Lipinski definition) is 2. The maximum absolute atomic E-state index is 14.1. The van der Waals surface area contributed by atoms with Crippen LogP contribution in [0.2, 0.25) is 0 Å². The number of benzene rings is 4. The van der Waals surface area contributed by atoms with E-state index in [2.05, 4.69) is 0 Å². The highest BCUT2D eigenvalue weighted by molar-refractivity contribution is 5.48. The van der Waals surface area contributed by atoms with E-state index >= 15 is 0 Å². The van der Waals surface area contributed by atoms with E-state index in [4.69, 9.17) is 9.47 Å². The monoisotopic (exact) mass is 452 g/mol. The van der Waals surface area contributed by atoms with E-state index in [0.29, 0.717) is 11.1 Å². The summed E-state index contributed by atoms with van der Waals surface area (Å²) < 4.78 is 67.8. The summed E-state index contributed by atoms with van der Waals surface area (Å²) in [6.45, 7) is -0.0284. The standard InChI is InChI=1S/C27H20F4O2/c28-22-14-7-13-21(17-22)26(20-11-5-2-6-12-20)33-24-16-8-15-23(25(24)27(29,30)31)32-18-19-9-3-1-4-10-19/h1-17,26H,18H2. The minimum atomic E-state index is -4.73. The van der Waals surface area contributed by atoms with E-state index in [1.165, 1.54) is 36.4 Å². The molecule has 33 heavy (non-hydrogen) atoms. The molecule has 2 nitrogen and oxygen atoms in total. The molecule has 0 N–H and O–H groups in total. The summed E-state index contributed by atoms with van der Waals surface area (Å²) >= 11 is 0. The molecular weight excluding hydrogens is 432 g/mol. The van der Waals surface area contributed by atoms with Crippen molar-refractivity contribution in [3.05, 3.63) is 131 Å². The molecule has 4 aromatic rings. The average Bonchev–Trinajstić information content (AvgIpc) is 2.81. The fourth-order valence-electron chi connectivity index (χ4n) is 3.50. The molecule has 168 valence electrons. The van der Waals surface area contributed by atoms with Gasteiger partial charge in [-0.3, -0.25) is 0 Å². The van der Waals surface area contributed by atoms with Crippen molar-refractivity contribution in [1.29, 1.82) is 0 Å². The molecule has 0 aromatic heterocycles. The number of ether oxygens (including phenoxy) is 2. The molecule has 1 unspecified atom stereocenters. The second kappa shape index (κ2) is 9.77. The highest BCUT2D eigenvalue weighted by Crippen LogP contribution is 2.44. The molecule has 0 heterocycles. The van der Waals surface area contributed by atoms with Gasteiger partial charge < -0.3 is 9.47 Å². The molecular formula is C27H20F4O2. The lowest BCUT2D eigenvalue weighted by atomic mass is 10.0. The molecule has 0 bridgehead atoms. The number of rotatable bonds is 7. The average molecular weight is 452 g/mol. The van der Waals surface area contributed by atoms with Crippen molar-refractivity contribution < 1.29 is 27.0 Å². The van der Waals surface area contributed by atoms with Gasteiger partial charge in [0, 0.05) is 0 Å². The van der Waals surface area contributed by atoms with E-state index in [1.807, 2.05) is 6.07 Å². The SMILES string of the molecule is Fc1cccc(C(Oc2cccc(OCc3ccccc3)c2C(F)(F)F)c2ccccc2)c1. The van der Waals surface area contributed by atoms with Crippen molar-refractivity contribution in [2.45, 2.75) is 18.9 Å². The molecule has 4 aromatic carbocycles. The first-order chi connectivity index (χ1) is 15.9. The third kappa shape index (κ3) is 5.52. The Kier molecular flexibility index (Phi) is 6.63. The van der Waals surface area contributed by atoms with Crippen LogP contribution in [-0.4, -0.2) is 0 Å². The molecule has 1 atom stereocenters. The first-order valence-corrected chi connectivity index (χ1v) is 10.3. The van der Waals surface area contributed by atoms with Crippen LogP contribution < -0.4 is 9.47 Å². The molecule has 0 aliphatic heterocycles. The van der Waals surface area contributed by atoms with E-state index in [9.17, 15) is 17.6 Å². The van der Waals surface area contributed by atoms with Gasteiger partial charge in [0.15, 0.2) is 0 Å². The number of halogens is 4. The molecule has 0 amide bonds. The van der Waals surface area contributed by atoms with Crippen LogP contribution in [0, 0.1) is 5.82 Å². The summed E-state index contributed by atoms with van der Waals surface area (Å²) in [6, 6.07) is 27.2. The van der Waals surface area contributed by atoms with Crippen molar-refractivity contribution in [3.8, 4) is 11.5 Å². The van der Waals surface area contributed by atoms with Crippen molar-refractivity contribution in [2.75, 3.05) is 0 Å². The third-order valence-corrected chi connectivity index (χ3v) is 5.01. The van der Waals surface area contributed by atoms with Crippen LogP contribution in [0.15, 0.2) is 103 Å². The Hall–Kier alpha value is -3.80. The van der Waals surface area contributed by atoms with E-state index < -0.39 is 29.4 Å². The van der Waals surface area contributed by atoms with Crippen molar-refractivity contribution >= 4 is 0 Å². The van der Waals surface area contributed by atoms with E-state index in [-0.39, 0.29) is 12.4 Å². The van der Waals surface area contributed by atoms with Gasteiger partial charge in [-0.15, -0.1) is 0 Å². The van der Waals surface area contributed by atoms with Crippen LogP contribution in [-0.2, 0) is 12.8 Å². The molecule has 4 rings (SSSR count). The Labute approximate surface area is 189 Å². The molecule has 0 saturated heterocycles. The molecule has 0 radical (unpaired) electrons. The zero-order chi connectivity index (χ0) is 23.3. The lowest BCUT2D eigenvalue weighted by Crippen LogP contribution is -2.15. The fraction of sp³-hybridized carbons (Fsp3) is 0.111. The molecule has 6 heteroatoms. The maximum Gasteiger partial charge on any atom is 0.423 e. The zero-order valence-electron chi connectivity index (χ0n) is 17.4. The normalized spacial score (nSPS) is 12.2. The third-order valence-electron chi connectivity index (χ3n) is 5.01. The first kappa shape index (κ1) is 22.4. The molecule has 0 fully saturated rings. The lowest BCUT2D eigenvalue weighted by Gasteiger charge is -2.24. The van der Waals surface area contributed by atoms with Crippen LogP contribution in [0.1, 0.15) is 28.4 Å². The summed E-state index contributed by atoms with van der Waals surface area (Å²) in [5.41, 5.74) is 0.703. The molecule has 0 saturated carbocycles. The van der Waals surface area contributed by atoms with Crippen molar-refractivity contribution in [1.82, 2.24) is 0 Å². The first-order valence-electron chi connectivity index (χ1n) is 10.3. The topological polar surface area (TPSA) is 18.5 Å². The predicted molar refractivity (Wildman–Crippen MR) is 118 cm³/mol. The summed E-state index contributed by atoms with van der Waals surface area (Å²) in [7, 11) is 0. The number of hydrogen-bond donors (Lipinski definition) is 0. The van der Waals surface area contributed by atoms with Gasteiger partial charge in [0.25, 0.3) is 0 Å². The van der Waals surface area contributed by atoms with Gasteiger partial charge in [-0.2, -0.15) is 13.2 Å².